The molecular formula is C11H17N3O. The molecule has 0 aliphatic heterocycles. The Labute approximate surface area is 90.1 Å². The van der Waals surface area contributed by atoms with Crippen molar-refractivity contribution in [2.75, 3.05) is 13.1 Å². The lowest BCUT2D eigenvalue weighted by Gasteiger charge is -2.08. The van der Waals surface area contributed by atoms with Crippen molar-refractivity contribution < 1.29 is 4.42 Å². The van der Waals surface area contributed by atoms with Crippen LogP contribution in [0.15, 0.2) is 40.7 Å². The third-order valence-electron chi connectivity index (χ3n) is 1.76. The van der Waals surface area contributed by atoms with Crippen LogP contribution in [0.25, 0.3) is 0 Å². The summed E-state index contributed by atoms with van der Waals surface area (Å²) in [6.07, 6.45) is 5.14. The van der Waals surface area contributed by atoms with Crippen LogP contribution in [0.4, 0.5) is 0 Å². The second-order valence-corrected chi connectivity index (χ2v) is 3.00. The van der Waals surface area contributed by atoms with Crippen LogP contribution in [0.2, 0.25) is 0 Å². The molecule has 0 amide bonds. The van der Waals surface area contributed by atoms with Gasteiger partial charge in [-0.2, -0.15) is 0 Å². The summed E-state index contributed by atoms with van der Waals surface area (Å²) in [5.74, 6) is 0.790. The zero-order valence-corrected chi connectivity index (χ0v) is 8.99. The van der Waals surface area contributed by atoms with E-state index in [9.17, 15) is 0 Å². The lowest BCUT2D eigenvalue weighted by atomic mass is 10.3. The van der Waals surface area contributed by atoms with Crippen molar-refractivity contribution in [3.05, 3.63) is 36.8 Å². The smallest absolute Gasteiger partial charge is 0.191 e. The number of guanidine groups is 1. The topological polar surface area (TPSA) is 49.6 Å². The average Bonchev–Trinajstić information content (AvgIpc) is 2.75. The van der Waals surface area contributed by atoms with E-state index in [0.717, 1.165) is 18.1 Å². The number of hydrogen-bond donors (Lipinski definition) is 2. The molecule has 1 rings (SSSR count). The number of hydrogen-bond acceptors (Lipinski definition) is 2. The van der Waals surface area contributed by atoms with Crippen LogP contribution in [0.5, 0.6) is 0 Å². The molecule has 0 bridgehead atoms. The zero-order valence-electron chi connectivity index (χ0n) is 8.99. The van der Waals surface area contributed by atoms with Gasteiger partial charge in [-0.1, -0.05) is 6.08 Å². The van der Waals surface area contributed by atoms with E-state index in [0.29, 0.717) is 13.1 Å². The molecule has 0 unspecified atom stereocenters. The maximum Gasteiger partial charge on any atom is 0.191 e. The van der Waals surface area contributed by atoms with Crippen LogP contribution < -0.4 is 10.6 Å². The zero-order chi connectivity index (χ0) is 10.9. The fourth-order valence-corrected chi connectivity index (χ4v) is 1.06. The number of rotatable bonds is 5. The van der Waals surface area contributed by atoms with Gasteiger partial charge in [-0.05, 0) is 13.0 Å². The molecule has 0 aliphatic carbocycles. The van der Waals surface area contributed by atoms with Gasteiger partial charge in [-0.3, -0.25) is 0 Å². The molecule has 1 aromatic rings. The predicted octanol–water partition coefficient (Wildman–Crippen LogP) is 1.52. The Hall–Kier alpha value is -1.71. The van der Waals surface area contributed by atoms with Crippen molar-refractivity contribution in [1.29, 1.82) is 0 Å². The fraction of sp³-hybridized carbons (Fsp3) is 0.364. The first kappa shape index (κ1) is 11.4. The minimum atomic E-state index is 0.614. The summed E-state index contributed by atoms with van der Waals surface area (Å²) in [4.78, 5) is 4.38. The van der Waals surface area contributed by atoms with Gasteiger partial charge in [0.1, 0.15) is 0 Å². The highest BCUT2D eigenvalue weighted by Gasteiger charge is 1.96. The highest BCUT2D eigenvalue weighted by Crippen LogP contribution is 2.00. The Morgan fingerprint density at radius 1 is 1.60 bits per heavy atom. The molecule has 1 heterocycles. The molecular weight excluding hydrogens is 190 g/mol. The van der Waals surface area contributed by atoms with Gasteiger partial charge in [0.05, 0.1) is 19.1 Å². The van der Waals surface area contributed by atoms with E-state index in [1.54, 1.807) is 18.6 Å². The van der Waals surface area contributed by atoms with Crippen molar-refractivity contribution in [3.63, 3.8) is 0 Å². The van der Waals surface area contributed by atoms with Gasteiger partial charge < -0.3 is 15.1 Å². The Kier molecular flexibility index (Phi) is 5.08. The van der Waals surface area contributed by atoms with Crippen LogP contribution in [0.3, 0.4) is 0 Å². The monoisotopic (exact) mass is 207 g/mol. The molecule has 0 radical (unpaired) electrons. The molecule has 82 valence electrons. The summed E-state index contributed by atoms with van der Waals surface area (Å²) in [6, 6.07) is 1.90. The third-order valence-corrected chi connectivity index (χ3v) is 1.76. The molecule has 0 spiro atoms. The van der Waals surface area contributed by atoms with E-state index in [1.807, 2.05) is 13.0 Å². The highest BCUT2D eigenvalue weighted by molar-refractivity contribution is 5.79. The van der Waals surface area contributed by atoms with Crippen LogP contribution in [-0.2, 0) is 6.54 Å². The Bertz CT molecular complexity index is 304. The first-order chi connectivity index (χ1) is 7.36. The maximum atomic E-state index is 4.96. The average molecular weight is 207 g/mol. The predicted molar refractivity (Wildman–Crippen MR) is 61.7 cm³/mol. The summed E-state index contributed by atoms with van der Waals surface area (Å²) in [7, 11) is 0. The van der Waals surface area contributed by atoms with Crippen LogP contribution in [-0.4, -0.2) is 19.0 Å². The van der Waals surface area contributed by atoms with E-state index in [-0.39, 0.29) is 0 Å². The van der Waals surface area contributed by atoms with Gasteiger partial charge in [-0.15, -0.1) is 6.58 Å². The second kappa shape index (κ2) is 6.70. The van der Waals surface area contributed by atoms with Crippen LogP contribution in [0, 0.1) is 0 Å². The first-order valence-electron chi connectivity index (χ1n) is 5.01. The molecule has 4 heteroatoms. The Balaban J connectivity index is 2.46. The molecule has 2 N–H and O–H groups in total. The Morgan fingerprint density at radius 3 is 3.07 bits per heavy atom. The van der Waals surface area contributed by atoms with Crippen molar-refractivity contribution >= 4 is 5.96 Å². The fourth-order valence-electron chi connectivity index (χ4n) is 1.06. The summed E-state index contributed by atoms with van der Waals surface area (Å²) < 4.78 is 4.96. The van der Waals surface area contributed by atoms with Gasteiger partial charge in [-0.25, -0.2) is 4.99 Å². The molecule has 0 atom stereocenters. The lowest BCUT2D eigenvalue weighted by Crippen LogP contribution is -2.37. The first-order valence-corrected chi connectivity index (χ1v) is 5.01. The molecule has 0 saturated carbocycles. The molecule has 15 heavy (non-hydrogen) atoms. The van der Waals surface area contributed by atoms with Crippen molar-refractivity contribution in [1.82, 2.24) is 10.6 Å². The normalized spacial score (nSPS) is 11.1. The van der Waals surface area contributed by atoms with Crippen LogP contribution in [0.1, 0.15) is 12.5 Å². The van der Waals surface area contributed by atoms with Crippen molar-refractivity contribution in [2.24, 2.45) is 4.99 Å². The largest absolute Gasteiger partial charge is 0.472 e. The van der Waals surface area contributed by atoms with Gasteiger partial charge in [0.25, 0.3) is 0 Å². The number of aliphatic imine (C=N–C) groups is 1. The van der Waals surface area contributed by atoms with E-state index in [2.05, 4.69) is 22.2 Å². The van der Waals surface area contributed by atoms with E-state index < -0.39 is 0 Å². The van der Waals surface area contributed by atoms with Gasteiger partial charge >= 0.3 is 0 Å². The summed E-state index contributed by atoms with van der Waals surface area (Å²) in [5, 5.41) is 6.26. The SMILES string of the molecule is C=CCNC(=NCc1ccoc1)NCC. The van der Waals surface area contributed by atoms with Gasteiger partial charge in [0, 0.05) is 18.7 Å². The standard InChI is InChI=1S/C11H17N3O/c1-3-6-13-11(12-4-2)14-8-10-5-7-15-9-10/h3,5,7,9H,1,4,6,8H2,2H3,(H2,12,13,14). The second-order valence-electron chi connectivity index (χ2n) is 3.00. The number of nitrogens with one attached hydrogen (secondary N) is 2. The third kappa shape index (κ3) is 4.35. The number of nitrogens with zero attached hydrogens (tertiary/aromatic N) is 1. The van der Waals surface area contributed by atoms with Gasteiger partial charge in [0.2, 0.25) is 0 Å². The maximum absolute atomic E-state index is 4.96. The minimum Gasteiger partial charge on any atom is -0.472 e. The quantitative estimate of drug-likeness (QED) is 0.437. The number of furan rings is 1. The molecule has 0 aliphatic rings. The lowest BCUT2D eigenvalue weighted by molar-refractivity contribution is 0.564. The van der Waals surface area contributed by atoms with Crippen LogP contribution >= 0.6 is 0 Å². The Morgan fingerprint density at radius 2 is 2.47 bits per heavy atom. The summed E-state index contributed by atoms with van der Waals surface area (Å²) >= 11 is 0. The molecule has 4 nitrogen and oxygen atoms in total. The molecule has 0 fully saturated rings. The van der Waals surface area contributed by atoms with E-state index in [1.165, 1.54) is 0 Å². The highest BCUT2D eigenvalue weighted by atomic mass is 16.3. The van der Waals surface area contributed by atoms with Gasteiger partial charge in [0.15, 0.2) is 5.96 Å². The molecule has 0 aromatic carbocycles. The van der Waals surface area contributed by atoms with Crippen molar-refractivity contribution in [2.45, 2.75) is 13.5 Å². The van der Waals surface area contributed by atoms with Crippen molar-refractivity contribution in [3.8, 4) is 0 Å². The van der Waals surface area contributed by atoms with E-state index >= 15 is 0 Å². The summed E-state index contributed by atoms with van der Waals surface area (Å²) in [5.41, 5.74) is 1.06. The summed E-state index contributed by atoms with van der Waals surface area (Å²) in [6.45, 7) is 7.83. The molecule has 0 saturated heterocycles. The molecule has 1 aromatic heterocycles. The minimum absolute atomic E-state index is 0.614. The van der Waals surface area contributed by atoms with E-state index in [4.69, 9.17) is 4.42 Å².